The third kappa shape index (κ3) is 70.5. The number of rotatable bonds is 75. The number of carbonyl (C=O) groups is 4. The molecule has 0 aromatic rings. The molecule has 17 nitrogen and oxygen atoms in total. The van der Waals surface area contributed by atoms with Crippen LogP contribution < -0.4 is 0 Å². The number of hydrogen-bond donors (Lipinski definition) is 3. The fourth-order valence-corrected chi connectivity index (χ4v) is 13.4. The van der Waals surface area contributed by atoms with Gasteiger partial charge in [0.15, 0.2) is 12.2 Å². The molecule has 0 aliphatic carbocycles. The van der Waals surface area contributed by atoms with Crippen LogP contribution in [0.3, 0.4) is 0 Å². The summed E-state index contributed by atoms with van der Waals surface area (Å²) in [7, 11) is -9.91. The topological polar surface area (TPSA) is 237 Å². The average Bonchev–Trinajstić information content (AvgIpc) is 1.13. The molecular formula is C77H150O17P2. The summed E-state index contributed by atoms with van der Waals surface area (Å²) in [5, 5.41) is 10.6. The van der Waals surface area contributed by atoms with Crippen molar-refractivity contribution in [3.63, 3.8) is 0 Å². The van der Waals surface area contributed by atoms with E-state index < -0.39 is 97.5 Å². The maximum Gasteiger partial charge on any atom is 0.472 e. The van der Waals surface area contributed by atoms with Crippen LogP contribution in [0.5, 0.6) is 0 Å². The minimum atomic E-state index is -4.96. The van der Waals surface area contributed by atoms with Gasteiger partial charge in [-0.1, -0.05) is 344 Å². The van der Waals surface area contributed by atoms with Gasteiger partial charge in [-0.2, -0.15) is 0 Å². The largest absolute Gasteiger partial charge is 0.472 e. The van der Waals surface area contributed by atoms with Gasteiger partial charge in [-0.05, 0) is 43.4 Å². The SMILES string of the molecule is CCCCCCCCCCCCCCCC(=O)O[C@H](COC(=O)CCCCCCCCCCC(C)C)COP(=O)(O)OC[C@H](O)COP(=O)(O)OC[C@@H](COC(=O)CCCCCCCCCCCCCC(C)C)OC(=O)CCCCCCCCCCCCCCCCCC(C)C. The van der Waals surface area contributed by atoms with Gasteiger partial charge in [-0.3, -0.25) is 37.3 Å². The molecule has 0 spiro atoms. The molecule has 19 heteroatoms. The Balaban J connectivity index is 5.25. The average molecular weight is 1410 g/mol. The van der Waals surface area contributed by atoms with Crippen LogP contribution in [-0.4, -0.2) is 96.7 Å². The minimum absolute atomic E-state index is 0.107. The maximum atomic E-state index is 13.1. The van der Waals surface area contributed by atoms with Gasteiger partial charge in [0.2, 0.25) is 0 Å². The lowest BCUT2D eigenvalue weighted by Gasteiger charge is -2.21. The Morgan fingerprint density at radius 1 is 0.281 bits per heavy atom. The molecule has 0 aromatic carbocycles. The zero-order valence-electron chi connectivity index (χ0n) is 62.8. The van der Waals surface area contributed by atoms with E-state index in [0.29, 0.717) is 25.7 Å². The van der Waals surface area contributed by atoms with Crippen molar-refractivity contribution in [2.24, 2.45) is 17.8 Å². The Bertz CT molecular complexity index is 1870. The van der Waals surface area contributed by atoms with Crippen molar-refractivity contribution in [1.82, 2.24) is 0 Å². The second kappa shape index (κ2) is 67.5. The van der Waals surface area contributed by atoms with Crippen LogP contribution in [-0.2, 0) is 65.4 Å². The lowest BCUT2D eigenvalue weighted by Crippen LogP contribution is -2.30. The lowest BCUT2D eigenvalue weighted by atomic mass is 10.0. The summed E-state index contributed by atoms with van der Waals surface area (Å²) in [6.45, 7) is 11.9. The zero-order chi connectivity index (χ0) is 70.9. The first-order chi connectivity index (χ1) is 46.2. The number of aliphatic hydroxyl groups is 1. The van der Waals surface area contributed by atoms with Gasteiger partial charge >= 0.3 is 39.5 Å². The van der Waals surface area contributed by atoms with Crippen LogP contribution in [0.2, 0.25) is 0 Å². The van der Waals surface area contributed by atoms with E-state index in [4.69, 9.17) is 37.0 Å². The molecule has 0 amide bonds. The number of phosphoric acid groups is 2. The second-order valence-corrected chi connectivity index (χ2v) is 32.1. The number of carbonyl (C=O) groups excluding carboxylic acids is 4. The quantitative estimate of drug-likeness (QED) is 0.0222. The molecule has 2 unspecified atom stereocenters. The monoisotopic (exact) mass is 1410 g/mol. The normalized spacial score (nSPS) is 14.1. The molecule has 96 heavy (non-hydrogen) atoms. The van der Waals surface area contributed by atoms with Gasteiger partial charge in [-0.15, -0.1) is 0 Å². The summed E-state index contributed by atoms with van der Waals surface area (Å²) in [5.41, 5.74) is 0. The molecule has 0 aromatic heterocycles. The predicted molar refractivity (Wildman–Crippen MR) is 391 cm³/mol. The van der Waals surface area contributed by atoms with Crippen LogP contribution in [0.4, 0.5) is 0 Å². The molecule has 3 N–H and O–H groups in total. The van der Waals surface area contributed by atoms with Crippen LogP contribution in [0, 0.1) is 17.8 Å². The Morgan fingerprint density at radius 2 is 0.479 bits per heavy atom. The fraction of sp³-hybridized carbons (Fsp3) is 0.948. The van der Waals surface area contributed by atoms with E-state index in [1.54, 1.807) is 0 Å². The smallest absolute Gasteiger partial charge is 0.462 e. The van der Waals surface area contributed by atoms with Crippen LogP contribution in [0.25, 0.3) is 0 Å². The summed E-state index contributed by atoms with van der Waals surface area (Å²) < 4.78 is 68.6. The van der Waals surface area contributed by atoms with E-state index in [1.165, 1.54) is 205 Å². The Hall–Kier alpha value is -1.94. The van der Waals surface area contributed by atoms with Crippen molar-refractivity contribution in [3.05, 3.63) is 0 Å². The molecule has 0 saturated heterocycles. The Labute approximate surface area is 588 Å². The summed E-state index contributed by atoms with van der Waals surface area (Å²) in [6, 6.07) is 0. The van der Waals surface area contributed by atoms with Gasteiger partial charge < -0.3 is 33.8 Å². The number of ether oxygens (including phenoxy) is 4. The van der Waals surface area contributed by atoms with E-state index in [2.05, 4.69) is 48.5 Å². The van der Waals surface area contributed by atoms with Crippen LogP contribution in [0.15, 0.2) is 0 Å². The summed E-state index contributed by atoms with van der Waals surface area (Å²) >= 11 is 0. The lowest BCUT2D eigenvalue weighted by molar-refractivity contribution is -0.161. The van der Waals surface area contributed by atoms with E-state index in [1.807, 2.05) is 0 Å². The highest BCUT2D eigenvalue weighted by Crippen LogP contribution is 2.45. The van der Waals surface area contributed by atoms with Crippen LogP contribution >= 0.6 is 15.6 Å². The first kappa shape index (κ1) is 94.1. The molecule has 0 aliphatic rings. The number of hydrogen-bond acceptors (Lipinski definition) is 15. The number of phosphoric ester groups is 2. The van der Waals surface area contributed by atoms with Crippen molar-refractivity contribution < 1.29 is 80.2 Å². The molecule has 0 bridgehead atoms. The first-order valence-corrected chi connectivity index (χ1v) is 42.8. The number of aliphatic hydroxyl groups excluding tert-OH is 1. The highest BCUT2D eigenvalue weighted by atomic mass is 31.2. The van der Waals surface area contributed by atoms with E-state index >= 15 is 0 Å². The predicted octanol–water partition coefficient (Wildman–Crippen LogP) is 22.6. The standard InChI is InChI=1S/C77H150O17P2/c1-8-9-10-11-12-13-14-18-24-30-39-46-53-60-76(81)94-73(65-88-75(80)59-52-45-38-33-32-36-43-50-57-70(6)7)67-92-96(85,86)90-63-71(78)62-89-95(83,84)91-66-72(64-87-74(79)58-51-44-37-29-26-21-23-28-35-42-49-56-69(4)5)93-77(82)61-54-47-40-31-25-20-17-15-16-19-22-27-34-41-48-55-68(2)3/h68-73,78H,8-67H2,1-7H3,(H,83,84)(H,85,86)/t71-,72-,73-/m1/s1. The van der Waals surface area contributed by atoms with Crippen molar-refractivity contribution in [2.75, 3.05) is 39.6 Å². The summed E-state index contributed by atoms with van der Waals surface area (Å²) in [4.78, 5) is 72.9. The van der Waals surface area contributed by atoms with Crippen molar-refractivity contribution in [2.45, 2.75) is 414 Å². The minimum Gasteiger partial charge on any atom is -0.462 e. The molecule has 0 heterocycles. The van der Waals surface area contributed by atoms with Crippen molar-refractivity contribution >= 4 is 39.5 Å². The molecule has 5 atom stereocenters. The van der Waals surface area contributed by atoms with E-state index in [-0.39, 0.29) is 25.7 Å². The van der Waals surface area contributed by atoms with Crippen molar-refractivity contribution in [3.8, 4) is 0 Å². The van der Waals surface area contributed by atoms with E-state index in [0.717, 1.165) is 108 Å². The van der Waals surface area contributed by atoms with Crippen LogP contribution in [0.1, 0.15) is 395 Å². The van der Waals surface area contributed by atoms with Gasteiger partial charge in [0.05, 0.1) is 26.4 Å². The summed E-state index contributed by atoms with van der Waals surface area (Å²) in [5.74, 6) is 0.185. The third-order valence-corrected chi connectivity index (χ3v) is 19.8. The van der Waals surface area contributed by atoms with Gasteiger partial charge in [-0.25, -0.2) is 9.13 Å². The third-order valence-electron chi connectivity index (χ3n) is 17.9. The molecule has 0 fully saturated rings. The number of unbranched alkanes of at least 4 members (excludes halogenated alkanes) is 43. The van der Waals surface area contributed by atoms with Crippen molar-refractivity contribution in [1.29, 1.82) is 0 Å². The molecule has 0 saturated carbocycles. The molecule has 570 valence electrons. The highest BCUT2D eigenvalue weighted by molar-refractivity contribution is 7.47. The Kier molecular flexibility index (Phi) is 66.2. The van der Waals surface area contributed by atoms with Gasteiger partial charge in [0, 0.05) is 25.7 Å². The fourth-order valence-electron chi connectivity index (χ4n) is 11.8. The van der Waals surface area contributed by atoms with Gasteiger partial charge in [0.1, 0.15) is 19.3 Å². The van der Waals surface area contributed by atoms with E-state index in [9.17, 15) is 43.2 Å². The molecule has 0 rings (SSSR count). The number of esters is 4. The maximum absolute atomic E-state index is 13.1. The summed E-state index contributed by atoms with van der Waals surface area (Å²) in [6.07, 6.45) is 54.0. The highest BCUT2D eigenvalue weighted by Gasteiger charge is 2.30. The van der Waals surface area contributed by atoms with Gasteiger partial charge in [0.25, 0.3) is 0 Å². The molecular weight excluding hydrogens is 1260 g/mol. The molecule has 0 radical (unpaired) electrons. The zero-order valence-corrected chi connectivity index (χ0v) is 64.6. The first-order valence-electron chi connectivity index (χ1n) is 39.8. The second-order valence-electron chi connectivity index (χ2n) is 29.2. The molecule has 0 aliphatic heterocycles. The Morgan fingerprint density at radius 3 is 0.708 bits per heavy atom.